The summed E-state index contributed by atoms with van der Waals surface area (Å²) < 4.78 is 0. The molecule has 0 N–H and O–H groups in total. The molecule has 0 bridgehead atoms. The van der Waals surface area contributed by atoms with Crippen molar-refractivity contribution in [3.63, 3.8) is 0 Å². The van der Waals surface area contributed by atoms with Gasteiger partial charge in [0.1, 0.15) is 0 Å². The first-order valence-corrected chi connectivity index (χ1v) is 4.55. The number of rotatable bonds is 3. The number of pyridine rings is 1. The van der Waals surface area contributed by atoms with Crippen molar-refractivity contribution in [1.82, 2.24) is 15.0 Å². The molecule has 0 fully saturated rings. The van der Waals surface area contributed by atoms with E-state index in [9.17, 15) is 4.79 Å². The van der Waals surface area contributed by atoms with Crippen LogP contribution in [-0.4, -0.2) is 20.7 Å². The van der Waals surface area contributed by atoms with Crippen LogP contribution in [-0.2, 0) is 6.42 Å². The van der Waals surface area contributed by atoms with Crippen LogP contribution in [0.1, 0.15) is 16.2 Å². The predicted octanol–water partition coefficient (Wildman–Crippen LogP) is 1.30. The summed E-state index contributed by atoms with van der Waals surface area (Å²) in [6.07, 6.45) is 6.76. The highest BCUT2D eigenvalue weighted by molar-refractivity contribution is 5.93. The smallest absolute Gasteiger partial charge is 0.204 e. The van der Waals surface area contributed by atoms with Gasteiger partial charge in [0.25, 0.3) is 0 Å². The van der Waals surface area contributed by atoms with Crippen LogP contribution < -0.4 is 0 Å². The van der Waals surface area contributed by atoms with E-state index in [1.165, 1.54) is 0 Å². The monoisotopic (exact) mass is 199 g/mol. The van der Waals surface area contributed by atoms with Crippen molar-refractivity contribution in [2.45, 2.75) is 6.42 Å². The van der Waals surface area contributed by atoms with Crippen LogP contribution in [0.2, 0.25) is 0 Å². The van der Waals surface area contributed by atoms with Crippen LogP contribution in [0.3, 0.4) is 0 Å². The number of carbonyl (C=O) groups excluding carboxylic acids is 1. The summed E-state index contributed by atoms with van der Waals surface area (Å²) in [7, 11) is 0. The first-order chi connectivity index (χ1) is 7.36. The van der Waals surface area contributed by atoms with E-state index in [-0.39, 0.29) is 11.6 Å². The Hall–Kier alpha value is -2.10. The minimum absolute atomic E-state index is 0.0817. The molecule has 4 nitrogen and oxygen atoms in total. The number of carbonyl (C=O) groups is 1. The third-order valence-electron chi connectivity index (χ3n) is 1.93. The average Bonchev–Trinajstić information content (AvgIpc) is 2.31. The Balaban J connectivity index is 2.12. The molecule has 0 aliphatic carbocycles. The lowest BCUT2D eigenvalue weighted by Gasteiger charge is -1.98. The van der Waals surface area contributed by atoms with Gasteiger partial charge in [0.05, 0.1) is 0 Å². The summed E-state index contributed by atoms with van der Waals surface area (Å²) in [5.41, 5.74) is 0.919. The van der Waals surface area contributed by atoms with Crippen LogP contribution >= 0.6 is 0 Å². The molecule has 4 heteroatoms. The summed E-state index contributed by atoms with van der Waals surface area (Å²) in [4.78, 5) is 23.3. The minimum atomic E-state index is -0.0817. The second-order valence-corrected chi connectivity index (χ2v) is 3.03. The third kappa shape index (κ3) is 2.43. The standard InChI is InChI=1S/C11H9N3O/c15-10(11-13-4-1-5-14-11)8-9-2-6-12-7-3-9/h1-7H,8H2. The molecule has 2 heterocycles. The first-order valence-electron chi connectivity index (χ1n) is 4.55. The van der Waals surface area contributed by atoms with E-state index in [4.69, 9.17) is 0 Å². The molecule has 15 heavy (non-hydrogen) atoms. The molecule has 0 aliphatic heterocycles. The van der Waals surface area contributed by atoms with E-state index in [1.54, 1.807) is 43.0 Å². The Labute approximate surface area is 87.0 Å². The lowest BCUT2D eigenvalue weighted by Crippen LogP contribution is -2.07. The fourth-order valence-corrected chi connectivity index (χ4v) is 1.21. The topological polar surface area (TPSA) is 55.7 Å². The van der Waals surface area contributed by atoms with Crippen LogP contribution in [0, 0.1) is 0 Å². The number of aromatic nitrogens is 3. The molecule has 0 radical (unpaired) electrons. The van der Waals surface area contributed by atoms with Gasteiger partial charge in [0, 0.05) is 31.2 Å². The number of nitrogens with zero attached hydrogens (tertiary/aromatic N) is 3. The molecule has 0 aromatic carbocycles. The Morgan fingerprint density at radius 3 is 2.40 bits per heavy atom. The highest BCUT2D eigenvalue weighted by atomic mass is 16.1. The van der Waals surface area contributed by atoms with Gasteiger partial charge in [-0.15, -0.1) is 0 Å². The van der Waals surface area contributed by atoms with Crippen LogP contribution in [0.15, 0.2) is 43.0 Å². The largest absolute Gasteiger partial charge is 0.290 e. The first kappa shape index (κ1) is 9.45. The molecule has 74 valence electrons. The lowest BCUT2D eigenvalue weighted by atomic mass is 10.1. The molecule has 0 unspecified atom stereocenters. The molecule has 2 rings (SSSR count). The van der Waals surface area contributed by atoms with E-state index >= 15 is 0 Å². The minimum Gasteiger partial charge on any atom is -0.290 e. The van der Waals surface area contributed by atoms with Crippen molar-refractivity contribution in [3.8, 4) is 0 Å². The number of hydrogen-bond acceptors (Lipinski definition) is 4. The van der Waals surface area contributed by atoms with Crippen LogP contribution in [0.5, 0.6) is 0 Å². The lowest BCUT2D eigenvalue weighted by molar-refractivity contribution is 0.0983. The van der Waals surface area contributed by atoms with Gasteiger partial charge in [0.2, 0.25) is 5.78 Å². The Morgan fingerprint density at radius 1 is 1.07 bits per heavy atom. The van der Waals surface area contributed by atoms with Gasteiger partial charge >= 0.3 is 0 Å². The van der Waals surface area contributed by atoms with Gasteiger partial charge in [-0.1, -0.05) is 0 Å². The molecule has 2 aromatic heterocycles. The van der Waals surface area contributed by atoms with Gasteiger partial charge in [0.15, 0.2) is 5.82 Å². The van der Waals surface area contributed by atoms with Crippen molar-refractivity contribution in [2.75, 3.05) is 0 Å². The molecular formula is C11H9N3O. The molecule has 0 spiro atoms. The summed E-state index contributed by atoms with van der Waals surface area (Å²) >= 11 is 0. The van der Waals surface area contributed by atoms with Gasteiger partial charge in [-0.05, 0) is 23.8 Å². The molecule has 0 saturated heterocycles. The Morgan fingerprint density at radius 2 is 1.73 bits per heavy atom. The number of ketones is 1. The highest BCUT2D eigenvalue weighted by Gasteiger charge is 2.08. The van der Waals surface area contributed by atoms with E-state index in [1.807, 2.05) is 0 Å². The van der Waals surface area contributed by atoms with Crippen molar-refractivity contribution in [2.24, 2.45) is 0 Å². The number of hydrogen-bond donors (Lipinski definition) is 0. The molecular weight excluding hydrogens is 190 g/mol. The SMILES string of the molecule is O=C(Cc1ccncc1)c1ncccn1. The maximum Gasteiger partial charge on any atom is 0.204 e. The zero-order valence-electron chi connectivity index (χ0n) is 8.00. The van der Waals surface area contributed by atoms with Gasteiger partial charge in [-0.3, -0.25) is 9.78 Å². The molecule has 0 amide bonds. The molecule has 0 saturated carbocycles. The van der Waals surface area contributed by atoms with E-state index < -0.39 is 0 Å². The Kier molecular flexibility index (Phi) is 2.78. The second-order valence-electron chi connectivity index (χ2n) is 3.03. The average molecular weight is 199 g/mol. The molecule has 2 aromatic rings. The normalized spacial score (nSPS) is 9.87. The van der Waals surface area contributed by atoms with Gasteiger partial charge < -0.3 is 0 Å². The highest BCUT2D eigenvalue weighted by Crippen LogP contribution is 2.01. The molecule has 0 atom stereocenters. The van der Waals surface area contributed by atoms with Crippen LogP contribution in [0.4, 0.5) is 0 Å². The van der Waals surface area contributed by atoms with E-state index in [2.05, 4.69) is 15.0 Å². The van der Waals surface area contributed by atoms with E-state index in [0.717, 1.165) is 5.56 Å². The maximum atomic E-state index is 11.7. The summed E-state index contributed by atoms with van der Waals surface area (Å²) in [6, 6.07) is 5.30. The second kappa shape index (κ2) is 4.41. The summed E-state index contributed by atoms with van der Waals surface area (Å²) in [5, 5.41) is 0. The fraction of sp³-hybridized carbons (Fsp3) is 0.0909. The maximum absolute atomic E-state index is 11.7. The van der Waals surface area contributed by atoms with Crippen molar-refractivity contribution in [3.05, 3.63) is 54.4 Å². The predicted molar refractivity (Wildman–Crippen MR) is 54.3 cm³/mol. The summed E-state index contributed by atoms with van der Waals surface area (Å²) in [5.74, 6) is 0.177. The summed E-state index contributed by atoms with van der Waals surface area (Å²) in [6.45, 7) is 0. The third-order valence-corrected chi connectivity index (χ3v) is 1.93. The molecule has 0 aliphatic rings. The van der Waals surface area contributed by atoms with Gasteiger partial charge in [-0.2, -0.15) is 0 Å². The van der Waals surface area contributed by atoms with Gasteiger partial charge in [-0.25, -0.2) is 9.97 Å². The van der Waals surface area contributed by atoms with Crippen molar-refractivity contribution < 1.29 is 4.79 Å². The van der Waals surface area contributed by atoms with E-state index in [0.29, 0.717) is 6.42 Å². The van der Waals surface area contributed by atoms with Crippen molar-refractivity contribution >= 4 is 5.78 Å². The zero-order chi connectivity index (χ0) is 10.5. The van der Waals surface area contributed by atoms with Crippen molar-refractivity contribution in [1.29, 1.82) is 0 Å². The number of Topliss-reactive ketones (excluding diaryl/α,β-unsaturated/α-hetero) is 1. The van der Waals surface area contributed by atoms with Crippen LogP contribution in [0.25, 0.3) is 0 Å². The fourth-order valence-electron chi connectivity index (χ4n) is 1.21. The Bertz CT molecular complexity index is 442. The zero-order valence-corrected chi connectivity index (χ0v) is 8.00. The quantitative estimate of drug-likeness (QED) is 0.699.